The van der Waals surface area contributed by atoms with E-state index < -0.39 is 0 Å². The molecular formula is C17H19ClN4. The van der Waals surface area contributed by atoms with Crippen molar-refractivity contribution in [2.75, 3.05) is 6.54 Å². The summed E-state index contributed by atoms with van der Waals surface area (Å²) in [4.78, 5) is 6.94. The number of aliphatic imine (C=N–C) groups is 1. The Hall–Kier alpha value is -1.99. The highest BCUT2D eigenvalue weighted by Gasteiger charge is 2.33. The third-order valence-electron chi connectivity index (χ3n) is 4.03. The maximum absolute atomic E-state index is 6.52. The van der Waals surface area contributed by atoms with E-state index in [0.29, 0.717) is 17.3 Å². The summed E-state index contributed by atoms with van der Waals surface area (Å²) in [6, 6.07) is 0.262. The largest absolute Gasteiger partial charge is 0.322 e. The molecule has 5 heteroatoms. The van der Waals surface area contributed by atoms with Crippen LogP contribution < -0.4 is 0 Å². The molecule has 1 atom stereocenters. The van der Waals surface area contributed by atoms with Crippen molar-refractivity contribution >= 4 is 23.1 Å². The quantitative estimate of drug-likeness (QED) is 0.785. The van der Waals surface area contributed by atoms with Crippen LogP contribution in [0, 0.1) is 12.3 Å². The topological polar surface area (TPSA) is 33.4 Å². The number of halogens is 1. The summed E-state index contributed by atoms with van der Waals surface area (Å²) >= 11 is 6.52. The zero-order chi connectivity index (χ0) is 16.0. The minimum atomic E-state index is 0.262. The average Bonchev–Trinajstić information content (AvgIpc) is 3.00. The van der Waals surface area contributed by atoms with Gasteiger partial charge in [-0.1, -0.05) is 17.7 Å². The van der Waals surface area contributed by atoms with E-state index in [9.17, 15) is 0 Å². The van der Waals surface area contributed by atoms with Gasteiger partial charge in [0, 0.05) is 13.1 Å². The summed E-state index contributed by atoms with van der Waals surface area (Å²) in [6.07, 6.45) is 7.73. The monoisotopic (exact) mass is 314 g/mol. The van der Waals surface area contributed by atoms with Crippen molar-refractivity contribution in [3.05, 3.63) is 33.6 Å². The number of aryl methyl sites for hydroxylation is 1. The molecule has 1 aromatic rings. The molecule has 0 radical (unpaired) electrons. The van der Waals surface area contributed by atoms with E-state index in [1.807, 2.05) is 6.92 Å². The molecule has 0 spiro atoms. The molecule has 0 saturated heterocycles. The molecular weight excluding hydrogens is 296 g/mol. The Bertz CT molecular complexity index is 773. The number of fused-ring (bicyclic) bond motifs is 1. The maximum atomic E-state index is 6.52. The molecule has 2 aliphatic heterocycles. The van der Waals surface area contributed by atoms with Crippen LogP contribution >= 0.6 is 11.6 Å². The number of amidine groups is 1. The lowest BCUT2D eigenvalue weighted by Gasteiger charge is -2.28. The molecule has 3 heterocycles. The number of hydrogen-bond donors (Lipinski definition) is 0. The molecule has 4 nitrogen and oxygen atoms in total. The molecule has 3 rings (SSSR count). The smallest absolute Gasteiger partial charge is 0.131 e. The first-order valence-electron chi connectivity index (χ1n) is 7.46. The van der Waals surface area contributed by atoms with Crippen molar-refractivity contribution in [2.45, 2.75) is 40.3 Å². The Kier molecular flexibility index (Phi) is 3.62. The fourth-order valence-electron chi connectivity index (χ4n) is 3.13. The molecule has 22 heavy (non-hydrogen) atoms. The SMILES string of the molecule is C#Cc1c(Cl)c(C2=C(C)C=C(C)C3=NC(C)CN32)nn1CC. The van der Waals surface area contributed by atoms with E-state index in [1.165, 1.54) is 5.57 Å². The molecule has 2 aliphatic rings. The second kappa shape index (κ2) is 5.33. The predicted octanol–water partition coefficient (Wildman–Crippen LogP) is 3.33. The van der Waals surface area contributed by atoms with Gasteiger partial charge in [0.25, 0.3) is 0 Å². The molecule has 0 aromatic carbocycles. The Labute approximate surface area is 136 Å². The molecule has 0 N–H and O–H groups in total. The van der Waals surface area contributed by atoms with Gasteiger partial charge < -0.3 is 4.90 Å². The van der Waals surface area contributed by atoms with Gasteiger partial charge in [-0.15, -0.1) is 6.42 Å². The van der Waals surface area contributed by atoms with Crippen LogP contribution in [0.2, 0.25) is 5.02 Å². The maximum Gasteiger partial charge on any atom is 0.131 e. The van der Waals surface area contributed by atoms with Gasteiger partial charge in [0.05, 0.1) is 11.7 Å². The number of allylic oxidation sites excluding steroid dienone is 2. The van der Waals surface area contributed by atoms with Crippen molar-refractivity contribution in [2.24, 2.45) is 4.99 Å². The van der Waals surface area contributed by atoms with Crippen LogP contribution in [-0.2, 0) is 6.54 Å². The van der Waals surface area contributed by atoms with Crippen LogP contribution in [0.15, 0.2) is 22.2 Å². The summed E-state index contributed by atoms with van der Waals surface area (Å²) in [5.74, 6) is 3.66. The van der Waals surface area contributed by atoms with Gasteiger partial charge in [0.15, 0.2) is 0 Å². The first kappa shape index (κ1) is 14.9. The second-order valence-corrected chi connectivity index (χ2v) is 6.12. The molecule has 1 unspecified atom stereocenters. The third kappa shape index (κ3) is 2.08. The summed E-state index contributed by atoms with van der Waals surface area (Å²) in [5, 5.41) is 5.19. The zero-order valence-electron chi connectivity index (χ0n) is 13.3. The van der Waals surface area contributed by atoms with Crippen molar-refractivity contribution in [1.82, 2.24) is 14.7 Å². The number of nitrogens with zero attached hydrogens (tertiary/aromatic N) is 4. The predicted molar refractivity (Wildman–Crippen MR) is 90.8 cm³/mol. The normalized spacial score (nSPS) is 20.7. The van der Waals surface area contributed by atoms with Crippen molar-refractivity contribution in [3.63, 3.8) is 0 Å². The molecule has 0 saturated carbocycles. The van der Waals surface area contributed by atoms with E-state index in [0.717, 1.165) is 29.3 Å². The highest BCUT2D eigenvalue weighted by Crippen LogP contribution is 2.37. The van der Waals surface area contributed by atoms with E-state index in [1.54, 1.807) is 4.68 Å². The van der Waals surface area contributed by atoms with Gasteiger partial charge in [-0.25, -0.2) is 0 Å². The van der Waals surface area contributed by atoms with E-state index in [-0.39, 0.29) is 6.04 Å². The second-order valence-electron chi connectivity index (χ2n) is 5.74. The van der Waals surface area contributed by atoms with Gasteiger partial charge in [-0.2, -0.15) is 5.10 Å². The van der Waals surface area contributed by atoms with Gasteiger partial charge in [0.2, 0.25) is 0 Å². The molecule has 1 aromatic heterocycles. The Morgan fingerprint density at radius 2 is 2.18 bits per heavy atom. The van der Waals surface area contributed by atoms with E-state index in [4.69, 9.17) is 23.0 Å². The van der Waals surface area contributed by atoms with E-state index in [2.05, 4.69) is 42.8 Å². The average molecular weight is 315 g/mol. The van der Waals surface area contributed by atoms with Crippen LogP contribution in [0.1, 0.15) is 39.1 Å². The number of hydrogen-bond acceptors (Lipinski definition) is 3. The number of terminal acetylenes is 1. The lowest BCUT2D eigenvalue weighted by atomic mass is 10.0. The van der Waals surface area contributed by atoms with Crippen molar-refractivity contribution in [3.8, 4) is 12.3 Å². The summed E-state index contributed by atoms with van der Waals surface area (Å²) in [7, 11) is 0. The molecule has 0 aliphatic carbocycles. The van der Waals surface area contributed by atoms with Gasteiger partial charge >= 0.3 is 0 Å². The Morgan fingerprint density at radius 3 is 2.77 bits per heavy atom. The van der Waals surface area contributed by atoms with Gasteiger partial charge in [0.1, 0.15) is 22.2 Å². The standard InChI is InChI=1S/C17H19ClN4/c1-6-13-14(18)15(20-22(13)7-2)16-10(3)8-11(4)17-19-12(5)9-21(16)17/h1,8,12H,7,9H2,2-5H3. The highest BCUT2D eigenvalue weighted by atomic mass is 35.5. The molecule has 0 fully saturated rings. The fraction of sp³-hybridized carbons (Fsp3) is 0.412. The summed E-state index contributed by atoms with van der Waals surface area (Å²) < 4.78 is 1.78. The number of aromatic nitrogens is 2. The first-order chi connectivity index (χ1) is 10.5. The van der Waals surface area contributed by atoms with Crippen LogP contribution in [0.5, 0.6) is 0 Å². The highest BCUT2D eigenvalue weighted by molar-refractivity contribution is 6.33. The van der Waals surface area contributed by atoms with Crippen LogP contribution in [0.4, 0.5) is 0 Å². The lowest BCUT2D eigenvalue weighted by Crippen LogP contribution is -2.31. The molecule has 0 bridgehead atoms. The Morgan fingerprint density at radius 1 is 1.45 bits per heavy atom. The third-order valence-corrected chi connectivity index (χ3v) is 4.39. The fourth-order valence-corrected chi connectivity index (χ4v) is 3.40. The van der Waals surface area contributed by atoms with Gasteiger partial charge in [-0.05, 0) is 44.8 Å². The van der Waals surface area contributed by atoms with Gasteiger partial charge in [-0.3, -0.25) is 9.67 Å². The van der Waals surface area contributed by atoms with Crippen molar-refractivity contribution in [1.29, 1.82) is 0 Å². The minimum absolute atomic E-state index is 0.262. The van der Waals surface area contributed by atoms with E-state index >= 15 is 0 Å². The van der Waals surface area contributed by atoms with Crippen LogP contribution in [0.25, 0.3) is 5.70 Å². The van der Waals surface area contributed by atoms with Crippen LogP contribution in [-0.4, -0.2) is 33.1 Å². The number of rotatable bonds is 2. The van der Waals surface area contributed by atoms with Crippen molar-refractivity contribution < 1.29 is 0 Å². The molecule has 114 valence electrons. The Balaban J connectivity index is 2.20. The summed E-state index contributed by atoms with van der Waals surface area (Å²) in [5.41, 5.74) is 4.71. The van der Waals surface area contributed by atoms with Crippen LogP contribution in [0.3, 0.4) is 0 Å². The lowest BCUT2D eigenvalue weighted by molar-refractivity contribution is 0.566. The first-order valence-corrected chi connectivity index (χ1v) is 7.83. The summed E-state index contributed by atoms with van der Waals surface area (Å²) in [6.45, 7) is 9.82. The molecule has 0 amide bonds. The minimum Gasteiger partial charge on any atom is -0.322 e. The zero-order valence-corrected chi connectivity index (χ0v) is 14.1.